The highest BCUT2D eigenvalue weighted by Crippen LogP contribution is 2.22. The minimum absolute atomic E-state index is 0.209. The number of amides is 1. The number of aryl methyl sites for hydroxylation is 1. The third-order valence-corrected chi connectivity index (χ3v) is 8.41. The topological polar surface area (TPSA) is 75.3 Å². The molecule has 0 fully saturated rings. The largest absolute Gasteiger partial charge is 0.374 e. The maximum atomic E-state index is 13.2. The first-order valence-corrected chi connectivity index (χ1v) is 14.9. The van der Waals surface area contributed by atoms with Crippen molar-refractivity contribution >= 4 is 43.0 Å². The molecule has 0 aliphatic heterocycles. The molecule has 1 unspecified atom stereocenters. The molecular formula is C34H32N2O3S. The van der Waals surface area contributed by atoms with Gasteiger partial charge in [-0.3, -0.25) is 4.79 Å². The van der Waals surface area contributed by atoms with Crippen LogP contribution in [0.15, 0.2) is 132 Å². The quantitative estimate of drug-likeness (QED) is 0.199. The Kier molecular flexibility index (Phi) is 8.27. The van der Waals surface area contributed by atoms with Crippen LogP contribution in [0.5, 0.6) is 0 Å². The van der Waals surface area contributed by atoms with Gasteiger partial charge in [-0.25, -0.2) is 8.42 Å². The number of hydrogen-bond donors (Lipinski definition) is 2. The van der Waals surface area contributed by atoms with Crippen LogP contribution in [0.25, 0.3) is 21.5 Å². The summed E-state index contributed by atoms with van der Waals surface area (Å²) in [5.74, 6) is -0.209. The van der Waals surface area contributed by atoms with E-state index in [1.807, 2.05) is 103 Å². The monoisotopic (exact) mass is 548 g/mol. The van der Waals surface area contributed by atoms with Crippen LogP contribution in [0.3, 0.4) is 0 Å². The predicted octanol–water partition coefficient (Wildman–Crippen LogP) is 6.90. The molecule has 0 saturated carbocycles. The Hall–Kier alpha value is -4.42. The van der Waals surface area contributed by atoms with E-state index >= 15 is 0 Å². The van der Waals surface area contributed by atoms with Crippen molar-refractivity contribution in [3.63, 3.8) is 0 Å². The third-order valence-electron chi connectivity index (χ3n) is 6.98. The van der Waals surface area contributed by atoms with Gasteiger partial charge < -0.3 is 10.6 Å². The van der Waals surface area contributed by atoms with Crippen molar-refractivity contribution in [2.75, 3.05) is 5.32 Å². The minimum Gasteiger partial charge on any atom is -0.374 e. The van der Waals surface area contributed by atoms with Crippen LogP contribution in [0, 0.1) is 0 Å². The molecule has 5 aromatic rings. The first-order chi connectivity index (χ1) is 19.4. The van der Waals surface area contributed by atoms with Crippen molar-refractivity contribution in [3.8, 4) is 0 Å². The van der Waals surface area contributed by atoms with E-state index in [-0.39, 0.29) is 10.8 Å². The molecule has 0 radical (unpaired) electrons. The van der Waals surface area contributed by atoms with Crippen LogP contribution in [0.4, 0.5) is 5.69 Å². The van der Waals surface area contributed by atoms with E-state index in [1.54, 1.807) is 25.1 Å². The number of nitrogens with one attached hydrogen (secondary N) is 2. The molecule has 0 aliphatic carbocycles. The Morgan fingerprint density at radius 2 is 1.35 bits per heavy atom. The fourth-order valence-electron chi connectivity index (χ4n) is 4.71. The zero-order valence-corrected chi connectivity index (χ0v) is 23.1. The molecule has 40 heavy (non-hydrogen) atoms. The van der Waals surface area contributed by atoms with E-state index in [2.05, 4.69) is 10.6 Å². The summed E-state index contributed by atoms with van der Waals surface area (Å²) in [5, 5.41) is 11.6. The van der Waals surface area contributed by atoms with Crippen molar-refractivity contribution in [2.45, 2.75) is 36.7 Å². The lowest BCUT2D eigenvalue weighted by Crippen LogP contribution is -2.42. The molecule has 0 bridgehead atoms. The van der Waals surface area contributed by atoms with Gasteiger partial charge in [-0.05, 0) is 71.1 Å². The second kappa shape index (κ2) is 12.2. The Labute approximate surface area is 235 Å². The van der Waals surface area contributed by atoms with Crippen LogP contribution >= 0.6 is 0 Å². The Morgan fingerprint density at radius 1 is 0.750 bits per heavy atom. The van der Waals surface area contributed by atoms with E-state index in [9.17, 15) is 13.2 Å². The number of sulfone groups is 1. The number of anilines is 1. The second-order valence-electron chi connectivity index (χ2n) is 9.95. The molecule has 5 nitrogen and oxygen atoms in total. The first kappa shape index (κ1) is 27.2. The fourth-order valence-corrected chi connectivity index (χ4v) is 5.81. The van der Waals surface area contributed by atoms with Gasteiger partial charge in [0.25, 0.3) is 0 Å². The molecule has 2 atom stereocenters. The number of hydrogen-bond acceptors (Lipinski definition) is 4. The van der Waals surface area contributed by atoms with E-state index in [4.69, 9.17) is 0 Å². The van der Waals surface area contributed by atoms with Gasteiger partial charge in [0.2, 0.25) is 5.91 Å². The molecule has 1 amide bonds. The summed E-state index contributed by atoms with van der Waals surface area (Å²) >= 11 is 0. The summed E-state index contributed by atoms with van der Waals surface area (Å²) in [4.78, 5) is 13.4. The van der Waals surface area contributed by atoms with Crippen LogP contribution in [-0.4, -0.2) is 26.4 Å². The second-order valence-corrected chi connectivity index (χ2v) is 11.8. The van der Waals surface area contributed by atoms with Crippen LogP contribution in [0.1, 0.15) is 18.9 Å². The highest BCUT2D eigenvalue weighted by Gasteiger charge is 2.18. The van der Waals surface area contributed by atoms with Gasteiger partial charge in [-0.2, -0.15) is 0 Å². The Morgan fingerprint density at radius 3 is 2.05 bits per heavy atom. The third kappa shape index (κ3) is 6.77. The average Bonchev–Trinajstić information content (AvgIpc) is 2.98. The number of carbonyl (C=O) groups is 1. The van der Waals surface area contributed by atoms with E-state index in [1.165, 1.54) is 5.41 Å². The molecule has 5 rings (SSSR count). The van der Waals surface area contributed by atoms with E-state index < -0.39 is 21.9 Å². The smallest absolute Gasteiger partial charge is 0.242 e. The molecule has 0 saturated heterocycles. The molecule has 0 heterocycles. The summed E-state index contributed by atoms with van der Waals surface area (Å²) in [5.41, 5.74) is 1.96. The van der Waals surface area contributed by atoms with Crippen LogP contribution in [-0.2, 0) is 21.1 Å². The lowest BCUT2D eigenvalue weighted by Gasteiger charge is -2.20. The summed E-state index contributed by atoms with van der Waals surface area (Å²) in [6.07, 6.45) is 2.84. The first-order valence-electron chi connectivity index (χ1n) is 13.4. The zero-order valence-electron chi connectivity index (χ0n) is 22.3. The summed E-state index contributed by atoms with van der Waals surface area (Å²) in [6, 6.07) is 35.8. The van der Waals surface area contributed by atoms with Gasteiger partial charge in [0.1, 0.15) is 6.04 Å². The molecule has 2 N–H and O–H groups in total. The Balaban J connectivity index is 1.32. The van der Waals surface area contributed by atoms with Gasteiger partial charge in [0.05, 0.1) is 4.90 Å². The summed E-state index contributed by atoms with van der Waals surface area (Å²) in [6.45, 7) is 1.80. The number of benzene rings is 5. The van der Waals surface area contributed by atoms with Gasteiger partial charge in [-0.15, -0.1) is 0 Å². The van der Waals surface area contributed by atoms with Crippen molar-refractivity contribution in [3.05, 3.63) is 132 Å². The normalized spacial score (nSPS) is 13.3. The molecule has 0 aliphatic rings. The maximum absolute atomic E-state index is 13.2. The van der Waals surface area contributed by atoms with E-state index in [0.717, 1.165) is 32.8 Å². The number of rotatable bonds is 10. The Bertz CT molecular complexity index is 1760. The van der Waals surface area contributed by atoms with E-state index in [0.29, 0.717) is 12.8 Å². The molecule has 6 heteroatoms. The number of carbonyl (C=O) groups excluding carboxylic acids is 1. The standard InChI is InChI=1S/C34H32N2O3S/c1-25(35-32-19-16-27-11-5-7-13-29(27)23-32)34(37)36-31(18-15-26-9-3-2-4-10-26)21-22-40(38,39)33-20-17-28-12-6-8-14-30(28)24-33/h2-14,16-17,19-25,31,35H,15,18H2,1H3,(H,36,37)/b22-21+/t25?,31-/m0/s1. The maximum Gasteiger partial charge on any atom is 0.242 e. The molecular weight excluding hydrogens is 516 g/mol. The highest BCUT2D eigenvalue weighted by molar-refractivity contribution is 7.94. The van der Waals surface area contributed by atoms with Crippen LogP contribution < -0.4 is 10.6 Å². The van der Waals surface area contributed by atoms with Crippen LogP contribution in [0.2, 0.25) is 0 Å². The van der Waals surface area contributed by atoms with Gasteiger partial charge in [-0.1, -0.05) is 97.1 Å². The molecule has 0 aromatic heterocycles. The molecule has 0 spiro atoms. The van der Waals surface area contributed by atoms with Crippen molar-refractivity contribution < 1.29 is 13.2 Å². The predicted molar refractivity (Wildman–Crippen MR) is 164 cm³/mol. The highest BCUT2D eigenvalue weighted by atomic mass is 32.2. The number of fused-ring (bicyclic) bond motifs is 2. The SMILES string of the molecule is CC(Nc1ccc2ccccc2c1)C(=O)N[C@H](/C=C/S(=O)(=O)c1ccc2ccccc2c1)CCc1ccccc1. The zero-order chi connectivity index (χ0) is 28.0. The van der Waals surface area contributed by atoms with Gasteiger partial charge >= 0.3 is 0 Å². The van der Waals surface area contributed by atoms with Crippen molar-refractivity contribution in [1.82, 2.24) is 5.32 Å². The lowest BCUT2D eigenvalue weighted by atomic mass is 10.0. The van der Waals surface area contributed by atoms with Crippen molar-refractivity contribution in [1.29, 1.82) is 0 Å². The van der Waals surface area contributed by atoms with Gasteiger partial charge in [0.15, 0.2) is 9.84 Å². The molecule has 5 aromatic carbocycles. The minimum atomic E-state index is -3.70. The van der Waals surface area contributed by atoms with Gasteiger partial charge in [0, 0.05) is 17.1 Å². The lowest BCUT2D eigenvalue weighted by molar-refractivity contribution is -0.121. The molecule has 202 valence electrons. The summed E-state index contributed by atoms with van der Waals surface area (Å²) < 4.78 is 26.4. The fraction of sp³-hybridized carbons (Fsp3) is 0.147. The van der Waals surface area contributed by atoms with Crippen molar-refractivity contribution in [2.24, 2.45) is 0 Å². The average molecular weight is 549 g/mol. The summed E-state index contributed by atoms with van der Waals surface area (Å²) in [7, 11) is -3.70.